The monoisotopic (exact) mass is 473 g/mol. The van der Waals surface area contributed by atoms with Crippen molar-refractivity contribution in [2.24, 2.45) is 0 Å². The third kappa shape index (κ3) is 3.78. The molecule has 7 aromatic rings. The van der Waals surface area contributed by atoms with Crippen LogP contribution in [0, 0.1) is 0 Å². The molecule has 3 heterocycles. The maximum atomic E-state index is 5.17. The van der Waals surface area contributed by atoms with Crippen LogP contribution in [0.25, 0.3) is 66.7 Å². The van der Waals surface area contributed by atoms with Crippen LogP contribution in [-0.4, -0.2) is 15.0 Å². The molecule has 0 aliphatic carbocycles. The van der Waals surface area contributed by atoms with Gasteiger partial charge in [0.05, 0.1) is 28.1 Å². The molecule has 3 heteroatoms. The maximum Gasteiger partial charge on any atom is 0.0736 e. The number of nitrogens with one attached hydrogen (secondary N) is 1. The van der Waals surface area contributed by atoms with Gasteiger partial charge in [-0.2, -0.15) is 0 Å². The Hall–Kier alpha value is -5.02. The smallest absolute Gasteiger partial charge is 0.0736 e. The van der Waals surface area contributed by atoms with Crippen LogP contribution < -0.4 is 0 Å². The molecule has 0 bridgehead atoms. The second-order valence-electron chi connectivity index (χ2n) is 9.15. The summed E-state index contributed by atoms with van der Waals surface area (Å²) in [6, 6.07) is 44.2. The van der Waals surface area contributed by atoms with Crippen molar-refractivity contribution in [3.8, 4) is 44.9 Å². The van der Waals surface area contributed by atoms with E-state index in [1.807, 2.05) is 30.5 Å². The lowest BCUT2D eigenvalue weighted by Crippen LogP contribution is -1.92. The molecule has 0 atom stereocenters. The molecule has 174 valence electrons. The molecule has 0 spiro atoms. The van der Waals surface area contributed by atoms with Crippen LogP contribution in [0.3, 0.4) is 0 Å². The normalized spacial score (nSPS) is 11.2. The van der Waals surface area contributed by atoms with Gasteiger partial charge in [-0.25, -0.2) is 4.98 Å². The van der Waals surface area contributed by atoms with Crippen molar-refractivity contribution in [3.05, 3.63) is 134 Å². The number of para-hydroxylation sites is 2. The Labute approximate surface area is 215 Å². The Morgan fingerprint density at radius 1 is 0.432 bits per heavy atom. The van der Waals surface area contributed by atoms with Gasteiger partial charge in [0.2, 0.25) is 0 Å². The number of benzene rings is 4. The van der Waals surface area contributed by atoms with E-state index in [0.29, 0.717) is 0 Å². The Morgan fingerprint density at radius 2 is 1.03 bits per heavy atom. The van der Waals surface area contributed by atoms with Gasteiger partial charge in [0.15, 0.2) is 0 Å². The lowest BCUT2D eigenvalue weighted by Gasteiger charge is -2.11. The minimum Gasteiger partial charge on any atom is -0.353 e. The van der Waals surface area contributed by atoms with Crippen molar-refractivity contribution in [2.45, 2.75) is 0 Å². The second kappa shape index (κ2) is 8.89. The van der Waals surface area contributed by atoms with Gasteiger partial charge in [0.25, 0.3) is 0 Å². The van der Waals surface area contributed by atoms with Crippen molar-refractivity contribution >= 4 is 21.8 Å². The van der Waals surface area contributed by atoms with Gasteiger partial charge in [-0.1, -0.05) is 103 Å². The van der Waals surface area contributed by atoms with Gasteiger partial charge < -0.3 is 4.98 Å². The molecule has 0 radical (unpaired) electrons. The van der Waals surface area contributed by atoms with E-state index < -0.39 is 0 Å². The van der Waals surface area contributed by atoms with Gasteiger partial charge in [-0.15, -0.1) is 0 Å². The van der Waals surface area contributed by atoms with E-state index in [9.17, 15) is 0 Å². The molecule has 0 saturated heterocycles. The lowest BCUT2D eigenvalue weighted by molar-refractivity contribution is 1.32. The fraction of sp³-hybridized carbons (Fsp3) is 0. The summed E-state index contributed by atoms with van der Waals surface area (Å²) in [7, 11) is 0. The van der Waals surface area contributed by atoms with E-state index in [-0.39, 0.29) is 0 Å². The summed E-state index contributed by atoms with van der Waals surface area (Å²) in [5.74, 6) is 0. The highest BCUT2D eigenvalue weighted by Gasteiger charge is 2.16. The minimum absolute atomic E-state index is 0.941. The topological polar surface area (TPSA) is 41.6 Å². The molecule has 4 aromatic carbocycles. The molecule has 0 unspecified atom stereocenters. The third-order valence-corrected chi connectivity index (χ3v) is 6.89. The van der Waals surface area contributed by atoms with E-state index in [0.717, 1.165) is 50.4 Å². The largest absolute Gasteiger partial charge is 0.353 e. The number of H-pyrrole nitrogens is 1. The third-order valence-electron chi connectivity index (χ3n) is 6.89. The van der Waals surface area contributed by atoms with E-state index in [2.05, 4.69) is 113 Å². The molecule has 7 rings (SSSR count). The lowest BCUT2D eigenvalue weighted by atomic mass is 9.99. The summed E-state index contributed by atoms with van der Waals surface area (Å²) in [6.07, 6.45) is 1.84. The summed E-state index contributed by atoms with van der Waals surface area (Å²) in [5, 5.41) is 2.36. The van der Waals surface area contributed by atoms with Crippen molar-refractivity contribution in [1.29, 1.82) is 0 Å². The first-order chi connectivity index (χ1) is 18.3. The molecule has 0 fully saturated rings. The van der Waals surface area contributed by atoms with Crippen LogP contribution in [0.15, 0.2) is 134 Å². The van der Waals surface area contributed by atoms with Gasteiger partial charge in [0, 0.05) is 33.7 Å². The highest BCUT2D eigenvalue weighted by molar-refractivity contribution is 6.15. The Morgan fingerprint density at radius 3 is 1.68 bits per heavy atom. The van der Waals surface area contributed by atoms with Gasteiger partial charge >= 0.3 is 0 Å². The van der Waals surface area contributed by atoms with Crippen LogP contribution in [0.4, 0.5) is 0 Å². The molecular formula is C34H23N3. The summed E-state index contributed by atoms with van der Waals surface area (Å²) in [5.41, 5.74) is 10.6. The number of aromatic nitrogens is 3. The fourth-order valence-corrected chi connectivity index (χ4v) is 5.12. The Kier molecular flexibility index (Phi) is 5.11. The first-order valence-electron chi connectivity index (χ1n) is 12.4. The van der Waals surface area contributed by atoms with Gasteiger partial charge in [0.1, 0.15) is 0 Å². The predicted octanol–water partition coefficient (Wildman–Crippen LogP) is 8.78. The predicted molar refractivity (Wildman–Crippen MR) is 153 cm³/mol. The van der Waals surface area contributed by atoms with Gasteiger partial charge in [-0.05, 0) is 35.4 Å². The van der Waals surface area contributed by atoms with E-state index in [1.165, 1.54) is 16.3 Å². The fourth-order valence-electron chi connectivity index (χ4n) is 5.12. The summed E-state index contributed by atoms with van der Waals surface area (Å²) in [6.45, 7) is 0. The molecule has 0 saturated carbocycles. The summed E-state index contributed by atoms with van der Waals surface area (Å²) < 4.78 is 0. The average Bonchev–Trinajstić information content (AvgIpc) is 3.37. The Balaban J connectivity index is 1.49. The van der Waals surface area contributed by atoms with Gasteiger partial charge in [-0.3, -0.25) is 4.98 Å². The number of hydrogen-bond donors (Lipinski definition) is 1. The summed E-state index contributed by atoms with van der Waals surface area (Å²) >= 11 is 0. The maximum absolute atomic E-state index is 5.17. The van der Waals surface area contributed by atoms with E-state index in [4.69, 9.17) is 4.98 Å². The van der Waals surface area contributed by atoms with Crippen LogP contribution in [0.1, 0.15) is 0 Å². The SMILES string of the molecule is c1ccc(-c2cc(-c3ccccc3)nc(-c3cccc4c3[nH]c3c(-c5ccccn5)cccc34)c2)cc1. The van der Waals surface area contributed by atoms with Crippen LogP contribution >= 0.6 is 0 Å². The molecular weight excluding hydrogens is 450 g/mol. The van der Waals surface area contributed by atoms with Crippen molar-refractivity contribution in [2.75, 3.05) is 0 Å². The van der Waals surface area contributed by atoms with Crippen LogP contribution in [0.2, 0.25) is 0 Å². The summed E-state index contributed by atoms with van der Waals surface area (Å²) in [4.78, 5) is 13.5. The molecule has 3 nitrogen and oxygen atoms in total. The molecule has 0 aliphatic heterocycles. The van der Waals surface area contributed by atoms with Crippen molar-refractivity contribution < 1.29 is 0 Å². The van der Waals surface area contributed by atoms with Crippen LogP contribution in [-0.2, 0) is 0 Å². The number of rotatable bonds is 4. The molecule has 0 amide bonds. The second-order valence-corrected chi connectivity index (χ2v) is 9.15. The first-order valence-corrected chi connectivity index (χ1v) is 12.4. The standard InChI is InChI=1S/C34H23N3/c1-3-11-23(12-4-1)25-21-31(24-13-5-2-6-14-24)36-32(22-25)29-18-10-16-27-26-15-9-17-28(33(26)37-34(27)29)30-19-7-8-20-35-30/h1-22,37H. The highest BCUT2D eigenvalue weighted by atomic mass is 14.8. The number of aromatic amines is 1. The molecule has 1 N–H and O–H groups in total. The number of hydrogen-bond acceptors (Lipinski definition) is 2. The van der Waals surface area contributed by atoms with Crippen LogP contribution in [0.5, 0.6) is 0 Å². The van der Waals surface area contributed by atoms with Crippen molar-refractivity contribution in [3.63, 3.8) is 0 Å². The average molecular weight is 474 g/mol. The Bertz CT molecular complexity index is 1800. The highest BCUT2D eigenvalue weighted by Crippen LogP contribution is 2.38. The number of pyridine rings is 2. The zero-order valence-corrected chi connectivity index (χ0v) is 20.1. The quantitative estimate of drug-likeness (QED) is 0.277. The van der Waals surface area contributed by atoms with E-state index in [1.54, 1.807) is 0 Å². The molecule has 37 heavy (non-hydrogen) atoms. The number of fused-ring (bicyclic) bond motifs is 3. The molecule has 3 aromatic heterocycles. The van der Waals surface area contributed by atoms with E-state index >= 15 is 0 Å². The molecule has 0 aliphatic rings. The zero-order valence-electron chi connectivity index (χ0n) is 20.1. The number of nitrogens with zero attached hydrogens (tertiary/aromatic N) is 2. The zero-order chi connectivity index (χ0) is 24.6. The minimum atomic E-state index is 0.941. The van der Waals surface area contributed by atoms with Crippen molar-refractivity contribution in [1.82, 2.24) is 15.0 Å². The first kappa shape index (κ1) is 21.3.